The zero-order chi connectivity index (χ0) is 39.0. The summed E-state index contributed by atoms with van der Waals surface area (Å²) in [5.74, 6) is 1.10. The van der Waals surface area contributed by atoms with Gasteiger partial charge in [-0.05, 0) is 131 Å². The Bertz CT molecular complexity index is 3000. The Kier molecular flexibility index (Phi) is 8.06. The van der Waals surface area contributed by atoms with Crippen molar-refractivity contribution in [2.24, 2.45) is 0 Å². The minimum absolute atomic E-state index is 0.0396. The fourth-order valence-corrected chi connectivity index (χ4v) is 10.3. The van der Waals surface area contributed by atoms with Crippen molar-refractivity contribution in [3.05, 3.63) is 188 Å². The molecule has 9 aromatic rings. The van der Waals surface area contributed by atoms with Crippen molar-refractivity contribution < 1.29 is 4.42 Å². The van der Waals surface area contributed by atoms with Crippen molar-refractivity contribution >= 4 is 106 Å². The summed E-state index contributed by atoms with van der Waals surface area (Å²) in [5, 5.41) is 2.23. The second-order valence-electron chi connectivity index (χ2n) is 15.7. The maximum Gasteiger partial charge on any atom is 0.252 e. The fraction of sp³-hybridized carbons (Fsp3) is 0.0769. The molecule has 0 amide bonds. The summed E-state index contributed by atoms with van der Waals surface area (Å²) in [6.07, 6.45) is 4.92. The first kappa shape index (κ1) is 34.6. The van der Waals surface area contributed by atoms with Crippen molar-refractivity contribution in [2.45, 2.75) is 11.8 Å². The van der Waals surface area contributed by atoms with Crippen molar-refractivity contribution in [3.8, 4) is 0 Å². The first-order chi connectivity index (χ1) is 28.5. The number of benzene rings is 8. The largest absolute Gasteiger partial charge is 0.456 e. The molecule has 0 atom stereocenters. The van der Waals surface area contributed by atoms with E-state index < -0.39 is 10.0 Å². The van der Waals surface area contributed by atoms with Gasteiger partial charge in [0.05, 0.1) is 0 Å². The number of hydrogen-bond donors (Lipinski definition) is 0. The molecular weight excluding hydrogens is 725 g/mol. The Balaban J connectivity index is 1.19. The molecule has 0 saturated heterocycles. The van der Waals surface area contributed by atoms with Crippen LogP contribution >= 0.6 is 10.0 Å². The molecule has 0 unspecified atom stereocenters. The summed E-state index contributed by atoms with van der Waals surface area (Å²) in [6.45, 7) is 2.38. The van der Waals surface area contributed by atoms with Crippen LogP contribution in [0.15, 0.2) is 197 Å². The zero-order valence-electron chi connectivity index (χ0n) is 32.8. The number of hydrogen-bond acceptors (Lipinski definition) is 4. The van der Waals surface area contributed by atoms with Gasteiger partial charge < -0.3 is 19.1 Å². The predicted octanol–water partition coefficient (Wildman–Crippen LogP) is 12.6. The number of furan rings is 1. The molecule has 0 fully saturated rings. The van der Waals surface area contributed by atoms with E-state index in [0.29, 0.717) is 0 Å². The molecule has 0 aliphatic carbocycles. The molecule has 8 aromatic carbocycles. The van der Waals surface area contributed by atoms with Crippen LogP contribution in [0.4, 0.5) is 51.2 Å². The molecule has 2 aliphatic heterocycles. The van der Waals surface area contributed by atoms with Crippen molar-refractivity contribution in [1.29, 1.82) is 0 Å². The van der Waals surface area contributed by atoms with Gasteiger partial charge in [0.2, 0.25) is 0 Å². The third kappa shape index (κ3) is 5.39. The van der Waals surface area contributed by atoms with Crippen LogP contribution in [-0.4, -0.2) is 25.0 Å². The highest BCUT2D eigenvalue weighted by atomic mass is 32.3. The SMILES string of the molecule is CCS(C)(C)c1cc2c3c(c1)N(c1ccccc1)c1cc(N(c4ccccc4)c4ccc5oc6ccccc6c5c4)ccc1B3c1ccccc1N2c1ccccc1. The van der Waals surface area contributed by atoms with Gasteiger partial charge in [0.15, 0.2) is 0 Å². The second-order valence-corrected chi connectivity index (χ2v) is 19.9. The molecule has 3 heterocycles. The Labute approximate surface area is 342 Å². The van der Waals surface area contributed by atoms with Crippen LogP contribution in [0.25, 0.3) is 21.9 Å². The number of nitrogens with zero attached hydrogens (tertiary/aromatic N) is 3. The average Bonchev–Trinajstić information content (AvgIpc) is 3.65. The topological polar surface area (TPSA) is 22.9 Å². The van der Waals surface area contributed by atoms with Gasteiger partial charge >= 0.3 is 0 Å². The van der Waals surface area contributed by atoms with E-state index in [1.807, 2.05) is 12.1 Å². The standard InChI is InChI=1S/C52H42BN3OS/c1-4-58(2,3)41-34-48-52-49(35-41)56(38-22-12-7-13-23-38)47-33-40(28-30-45(47)53(52)44-25-15-16-26-46(44)55(48)37-20-10-6-11-21-37)54(36-18-8-5-9-19-36)39-29-31-51-43(32-39)42-24-14-17-27-50(42)57-51/h5-35H,4H2,1-3H3. The van der Waals surface area contributed by atoms with Gasteiger partial charge in [-0.2, -0.15) is 0 Å². The van der Waals surface area contributed by atoms with E-state index in [1.165, 1.54) is 49.7 Å². The van der Waals surface area contributed by atoms with Crippen LogP contribution in [0.1, 0.15) is 6.92 Å². The van der Waals surface area contributed by atoms with E-state index in [0.717, 1.165) is 50.4 Å². The molecule has 1 aromatic heterocycles. The van der Waals surface area contributed by atoms with Crippen molar-refractivity contribution in [1.82, 2.24) is 0 Å². The van der Waals surface area contributed by atoms with Crippen LogP contribution in [0.5, 0.6) is 0 Å². The number of rotatable bonds is 7. The van der Waals surface area contributed by atoms with Gasteiger partial charge in [-0.3, -0.25) is 0 Å². The number of para-hydroxylation sites is 5. The molecule has 0 spiro atoms. The average molecular weight is 768 g/mol. The molecule has 0 radical (unpaired) electrons. The molecule has 58 heavy (non-hydrogen) atoms. The highest BCUT2D eigenvalue weighted by Gasteiger charge is 2.44. The molecule has 0 N–H and O–H groups in total. The Morgan fingerprint density at radius 3 is 1.74 bits per heavy atom. The molecule has 280 valence electrons. The maximum absolute atomic E-state index is 6.29. The predicted molar refractivity (Wildman–Crippen MR) is 251 cm³/mol. The Morgan fingerprint density at radius 1 is 0.483 bits per heavy atom. The van der Waals surface area contributed by atoms with Crippen LogP contribution < -0.4 is 31.1 Å². The minimum Gasteiger partial charge on any atom is -0.456 e. The third-order valence-electron chi connectivity index (χ3n) is 12.2. The lowest BCUT2D eigenvalue weighted by Gasteiger charge is -2.46. The molecule has 4 nitrogen and oxygen atoms in total. The second kappa shape index (κ2) is 13.5. The van der Waals surface area contributed by atoms with Gasteiger partial charge in [-0.15, -0.1) is 0 Å². The van der Waals surface area contributed by atoms with Crippen LogP contribution in [0.3, 0.4) is 0 Å². The summed E-state index contributed by atoms with van der Waals surface area (Å²) >= 11 is 0. The number of fused-ring (bicyclic) bond motifs is 7. The molecule has 11 rings (SSSR count). The van der Waals surface area contributed by atoms with Crippen molar-refractivity contribution in [2.75, 3.05) is 33.0 Å². The summed E-state index contributed by atoms with van der Waals surface area (Å²) in [5.41, 5.74) is 16.2. The van der Waals surface area contributed by atoms with Gasteiger partial charge in [0.25, 0.3) is 6.71 Å². The van der Waals surface area contributed by atoms with E-state index in [9.17, 15) is 0 Å². The quantitative estimate of drug-likeness (QED) is 0.151. The zero-order valence-corrected chi connectivity index (χ0v) is 33.7. The maximum atomic E-state index is 6.29. The van der Waals surface area contributed by atoms with Gasteiger partial charge in [0, 0.05) is 62.0 Å². The summed E-state index contributed by atoms with van der Waals surface area (Å²) in [4.78, 5) is 8.85. The third-order valence-corrected chi connectivity index (χ3v) is 15.2. The Morgan fingerprint density at radius 2 is 1.03 bits per heavy atom. The lowest BCUT2D eigenvalue weighted by molar-refractivity contribution is 0.669. The monoisotopic (exact) mass is 767 g/mol. The lowest BCUT2D eigenvalue weighted by Crippen LogP contribution is -2.61. The fourth-order valence-electron chi connectivity index (χ4n) is 9.12. The lowest BCUT2D eigenvalue weighted by atomic mass is 9.33. The number of anilines is 9. The Hall–Kier alpha value is -6.63. The van der Waals surface area contributed by atoms with E-state index in [1.54, 1.807) is 0 Å². The van der Waals surface area contributed by atoms with E-state index in [4.69, 9.17) is 4.42 Å². The van der Waals surface area contributed by atoms with E-state index in [-0.39, 0.29) is 6.71 Å². The highest BCUT2D eigenvalue weighted by molar-refractivity contribution is 8.32. The highest BCUT2D eigenvalue weighted by Crippen LogP contribution is 2.54. The van der Waals surface area contributed by atoms with Gasteiger partial charge in [-0.25, -0.2) is 10.0 Å². The van der Waals surface area contributed by atoms with Gasteiger partial charge in [-0.1, -0.05) is 104 Å². The molecule has 6 heteroatoms. The summed E-state index contributed by atoms with van der Waals surface area (Å²) in [6, 6.07) is 68.7. The molecule has 2 aliphatic rings. The summed E-state index contributed by atoms with van der Waals surface area (Å²) in [7, 11) is -1.12. The summed E-state index contributed by atoms with van der Waals surface area (Å²) < 4.78 is 6.29. The normalized spacial score (nSPS) is 13.3. The van der Waals surface area contributed by atoms with Crippen LogP contribution in [0.2, 0.25) is 0 Å². The van der Waals surface area contributed by atoms with E-state index in [2.05, 4.69) is 210 Å². The molecule has 0 saturated carbocycles. The van der Waals surface area contributed by atoms with Crippen molar-refractivity contribution in [3.63, 3.8) is 0 Å². The minimum atomic E-state index is -1.12. The smallest absolute Gasteiger partial charge is 0.252 e. The van der Waals surface area contributed by atoms with Crippen LogP contribution in [0, 0.1) is 0 Å². The molecular formula is C52H42BN3OS. The van der Waals surface area contributed by atoms with E-state index >= 15 is 0 Å². The van der Waals surface area contributed by atoms with Crippen LogP contribution in [-0.2, 0) is 0 Å². The van der Waals surface area contributed by atoms with Gasteiger partial charge in [0.1, 0.15) is 11.2 Å². The first-order valence-electron chi connectivity index (χ1n) is 20.1. The first-order valence-corrected chi connectivity index (χ1v) is 22.7. The molecule has 0 bridgehead atoms.